The van der Waals surface area contributed by atoms with Crippen molar-refractivity contribution in [2.45, 2.75) is 149 Å². The minimum absolute atomic E-state index is 0.0488. The van der Waals surface area contributed by atoms with E-state index in [0.717, 1.165) is 6.42 Å². The SMILES string of the molecule is CC(C)[Si](O[C@H]1[C@H](C2=CCCCC2)C[C@H](O[C@H](C)C[C@H](C)O)C1(C)C)(C(C)C)C(C)C. The highest BCUT2D eigenvalue weighted by Crippen LogP contribution is 2.54. The van der Waals surface area contributed by atoms with E-state index in [0.29, 0.717) is 29.0 Å². The molecule has 0 aromatic carbocycles. The van der Waals surface area contributed by atoms with E-state index in [9.17, 15) is 5.11 Å². The molecule has 4 heteroatoms. The van der Waals surface area contributed by atoms with Crippen LogP contribution in [0, 0.1) is 11.3 Å². The highest BCUT2D eigenvalue weighted by molar-refractivity contribution is 6.77. The molecule has 0 radical (unpaired) electrons. The second-order valence-corrected chi connectivity index (χ2v) is 17.5. The van der Waals surface area contributed by atoms with Crippen molar-refractivity contribution in [3.8, 4) is 0 Å². The van der Waals surface area contributed by atoms with Gasteiger partial charge in [-0.1, -0.05) is 67.0 Å². The van der Waals surface area contributed by atoms with Gasteiger partial charge in [0.15, 0.2) is 0 Å². The Balaban J connectivity index is 2.42. The van der Waals surface area contributed by atoms with Gasteiger partial charge < -0.3 is 14.3 Å². The fourth-order valence-electron chi connectivity index (χ4n) is 6.81. The number of ether oxygens (including phenoxy) is 1. The summed E-state index contributed by atoms with van der Waals surface area (Å²) in [6, 6.07) is 0. The van der Waals surface area contributed by atoms with Crippen LogP contribution in [0.25, 0.3) is 0 Å². The quantitative estimate of drug-likeness (QED) is 0.273. The second kappa shape index (κ2) is 10.8. The Bertz CT molecular complexity index is 572. The normalized spacial score (nSPS) is 29.0. The average molecular weight is 453 g/mol. The van der Waals surface area contributed by atoms with E-state index in [2.05, 4.69) is 68.4 Å². The smallest absolute Gasteiger partial charge is 0.200 e. The van der Waals surface area contributed by atoms with Crippen molar-refractivity contribution in [1.82, 2.24) is 0 Å². The molecular formula is C27H52O3Si. The molecule has 0 amide bonds. The third-order valence-corrected chi connectivity index (χ3v) is 14.4. The first-order valence-corrected chi connectivity index (χ1v) is 15.2. The summed E-state index contributed by atoms with van der Waals surface area (Å²) in [6.07, 6.45) is 9.42. The molecule has 0 aliphatic heterocycles. The highest BCUT2D eigenvalue weighted by atomic mass is 28.4. The molecule has 1 fully saturated rings. The van der Waals surface area contributed by atoms with Crippen molar-refractivity contribution in [3.63, 3.8) is 0 Å². The molecule has 5 atom stereocenters. The van der Waals surface area contributed by atoms with Crippen molar-refractivity contribution in [2.24, 2.45) is 11.3 Å². The van der Waals surface area contributed by atoms with Crippen molar-refractivity contribution in [2.75, 3.05) is 0 Å². The summed E-state index contributed by atoms with van der Waals surface area (Å²) in [4.78, 5) is 0. The van der Waals surface area contributed by atoms with Crippen LogP contribution in [0.2, 0.25) is 16.6 Å². The Morgan fingerprint density at radius 3 is 2.03 bits per heavy atom. The van der Waals surface area contributed by atoms with Gasteiger partial charge in [-0.25, -0.2) is 0 Å². The van der Waals surface area contributed by atoms with Gasteiger partial charge in [-0.3, -0.25) is 0 Å². The average Bonchev–Trinajstić information content (AvgIpc) is 2.88. The maximum Gasteiger partial charge on any atom is 0.200 e. The highest BCUT2D eigenvalue weighted by Gasteiger charge is 2.57. The molecule has 0 spiro atoms. The maximum absolute atomic E-state index is 9.86. The lowest BCUT2D eigenvalue weighted by Crippen LogP contribution is -2.54. The zero-order valence-electron chi connectivity index (χ0n) is 22.2. The summed E-state index contributed by atoms with van der Waals surface area (Å²) in [5, 5.41) is 9.86. The first kappa shape index (κ1) is 27.1. The van der Waals surface area contributed by atoms with Crippen molar-refractivity contribution in [3.05, 3.63) is 11.6 Å². The third kappa shape index (κ3) is 5.86. The van der Waals surface area contributed by atoms with E-state index in [-0.39, 0.29) is 29.8 Å². The predicted molar refractivity (Wildman–Crippen MR) is 135 cm³/mol. The van der Waals surface area contributed by atoms with Crippen molar-refractivity contribution >= 4 is 8.32 Å². The summed E-state index contributed by atoms with van der Waals surface area (Å²) in [5.74, 6) is 0.460. The van der Waals surface area contributed by atoms with Gasteiger partial charge in [0.05, 0.1) is 24.4 Å². The van der Waals surface area contributed by atoms with E-state index in [1.54, 1.807) is 5.57 Å². The minimum Gasteiger partial charge on any atom is -0.412 e. The zero-order chi connectivity index (χ0) is 23.6. The molecule has 0 aromatic rings. The van der Waals surface area contributed by atoms with Crippen LogP contribution in [0.5, 0.6) is 0 Å². The van der Waals surface area contributed by atoms with Crippen molar-refractivity contribution < 1.29 is 14.3 Å². The standard InChI is InChI=1S/C27H52O3Si/c1-18(2)31(19(3)4,20(5)6)30-26-24(23-14-12-11-13-15-23)17-25(27(26,9)10)29-22(8)16-21(7)28/h14,18-22,24-26,28H,11-13,15-17H2,1-10H3/t21-,22+,24-,25-,26-/m0/s1. The Labute approximate surface area is 194 Å². The molecule has 3 nitrogen and oxygen atoms in total. The summed E-state index contributed by atoms with van der Waals surface area (Å²) < 4.78 is 14.2. The molecule has 2 rings (SSSR count). The molecule has 31 heavy (non-hydrogen) atoms. The van der Waals surface area contributed by atoms with Crippen LogP contribution in [-0.4, -0.2) is 37.8 Å². The molecule has 2 aliphatic carbocycles. The number of allylic oxidation sites excluding steroid dienone is 1. The fraction of sp³-hybridized carbons (Fsp3) is 0.926. The lowest BCUT2D eigenvalue weighted by molar-refractivity contribution is -0.0832. The molecule has 0 aromatic heterocycles. The molecule has 0 unspecified atom stereocenters. The molecular weight excluding hydrogens is 400 g/mol. The lowest BCUT2D eigenvalue weighted by atomic mass is 9.81. The zero-order valence-corrected chi connectivity index (χ0v) is 23.2. The Hall–Kier alpha value is -0.163. The molecule has 1 N–H and O–H groups in total. The van der Waals surface area contributed by atoms with Crippen molar-refractivity contribution in [1.29, 1.82) is 0 Å². The van der Waals surface area contributed by atoms with Gasteiger partial charge >= 0.3 is 0 Å². The number of aliphatic hydroxyl groups excluding tert-OH is 1. The molecule has 0 saturated heterocycles. The van der Waals surface area contributed by atoms with Gasteiger partial charge in [-0.15, -0.1) is 0 Å². The second-order valence-electron chi connectivity index (χ2n) is 12.1. The predicted octanol–water partition coefficient (Wildman–Crippen LogP) is 7.64. The van der Waals surface area contributed by atoms with E-state index in [4.69, 9.17) is 9.16 Å². The monoisotopic (exact) mass is 452 g/mol. The van der Waals surface area contributed by atoms with Gasteiger partial charge in [0.2, 0.25) is 8.32 Å². The third-order valence-electron chi connectivity index (χ3n) is 8.31. The van der Waals surface area contributed by atoms with Crippen LogP contribution < -0.4 is 0 Å². The Morgan fingerprint density at radius 1 is 1.00 bits per heavy atom. The Morgan fingerprint density at radius 2 is 1.58 bits per heavy atom. The van der Waals surface area contributed by atoms with Crippen LogP contribution in [-0.2, 0) is 9.16 Å². The number of hydrogen-bond donors (Lipinski definition) is 1. The summed E-state index contributed by atoms with van der Waals surface area (Å²) in [5.41, 5.74) is 3.32. The maximum atomic E-state index is 9.86. The molecule has 0 heterocycles. The van der Waals surface area contributed by atoms with E-state index in [1.807, 2.05) is 6.92 Å². The summed E-state index contributed by atoms with van der Waals surface area (Å²) in [6.45, 7) is 23.1. The van der Waals surface area contributed by atoms with Gasteiger partial charge in [-0.05, 0) is 69.0 Å². The minimum atomic E-state index is -2.01. The number of aliphatic hydroxyl groups is 1. The summed E-state index contributed by atoms with van der Waals surface area (Å²) >= 11 is 0. The summed E-state index contributed by atoms with van der Waals surface area (Å²) in [7, 11) is -2.01. The topological polar surface area (TPSA) is 38.7 Å². The van der Waals surface area contributed by atoms with Crippen LogP contribution in [0.15, 0.2) is 11.6 Å². The number of rotatable bonds is 10. The van der Waals surface area contributed by atoms with E-state index < -0.39 is 8.32 Å². The van der Waals surface area contributed by atoms with Gasteiger partial charge in [0, 0.05) is 11.3 Å². The van der Waals surface area contributed by atoms with Crippen LogP contribution in [0.3, 0.4) is 0 Å². The molecule has 182 valence electrons. The fourth-order valence-corrected chi connectivity index (χ4v) is 12.5. The van der Waals surface area contributed by atoms with E-state index in [1.165, 1.54) is 25.7 Å². The van der Waals surface area contributed by atoms with Crippen LogP contribution >= 0.6 is 0 Å². The molecule has 0 bridgehead atoms. The molecule has 1 saturated carbocycles. The van der Waals surface area contributed by atoms with Gasteiger partial charge in [0.25, 0.3) is 0 Å². The van der Waals surface area contributed by atoms with Gasteiger partial charge in [-0.2, -0.15) is 0 Å². The molecule has 2 aliphatic rings. The van der Waals surface area contributed by atoms with Crippen LogP contribution in [0.1, 0.15) is 108 Å². The first-order chi connectivity index (χ1) is 14.3. The lowest BCUT2D eigenvalue weighted by Gasteiger charge is -2.48. The largest absolute Gasteiger partial charge is 0.412 e. The van der Waals surface area contributed by atoms with E-state index >= 15 is 0 Å². The first-order valence-electron chi connectivity index (χ1n) is 13.0. The Kier molecular flexibility index (Phi) is 9.47. The number of hydrogen-bond acceptors (Lipinski definition) is 3. The van der Waals surface area contributed by atoms with Gasteiger partial charge in [0.1, 0.15) is 0 Å². The van der Waals surface area contributed by atoms with Crippen LogP contribution in [0.4, 0.5) is 0 Å².